The third-order valence-electron chi connectivity index (χ3n) is 6.89. The molecule has 0 unspecified atom stereocenters. The number of guanidine groups is 1. The van der Waals surface area contributed by atoms with E-state index in [4.69, 9.17) is 4.99 Å². The van der Waals surface area contributed by atoms with Crippen LogP contribution in [0, 0.1) is 0 Å². The molecule has 1 amide bonds. The smallest absolute Gasteiger partial charge is 0.222 e. The monoisotopic (exact) mass is 406 g/mol. The molecule has 0 atom stereocenters. The largest absolute Gasteiger partial charge is 0.357 e. The molecule has 0 saturated carbocycles. The number of nitrogens with zero attached hydrogens (tertiary/aromatic N) is 4. The first-order valence-corrected chi connectivity index (χ1v) is 11.9. The minimum atomic E-state index is 0.219. The van der Waals surface area contributed by atoms with E-state index in [2.05, 4.69) is 34.4 Å². The van der Waals surface area contributed by atoms with E-state index >= 15 is 0 Å². The van der Waals surface area contributed by atoms with Gasteiger partial charge in [0, 0.05) is 38.1 Å². The minimum absolute atomic E-state index is 0.219. The third-order valence-corrected chi connectivity index (χ3v) is 6.89. The average Bonchev–Trinajstić information content (AvgIpc) is 3.16. The molecule has 7 nitrogen and oxygen atoms in total. The first kappa shape index (κ1) is 22.3. The van der Waals surface area contributed by atoms with Crippen molar-refractivity contribution >= 4 is 11.9 Å². The van der Waals surface area contributed by atoms with Gasteiger partial charge in [-0.2, -0.15) is 0 Å². The summed E-state index contributed by atoms with van der Waals surface area (Å²) in [6.45, 7) is 11.3. The zero-order valence-electron chi connectivity index (χ0n) is 18.7. The number of hydrogen-bond acceptors (Lipinski definition) is 4. The molecule has 0 aliphatic carbocycles. The lowest BCUT2D eigenvalue weighted by Crippen LogP contribution is -2.58. The predicted molar refractivity (Wildman–Crippen MR) is 119 cm³/mol. The van der Waals surface area contributed by atoms with Crippen molar-refractivity contribution in [3.8, 4) is 0 Å². The summed E-state index contributed by atoms with van der Waals surface area (Å²) in [4.78, 5) is 24.0. The van der Waals surface area contributed by atoms with Crippen LogP contribution in [0.2, 0.25) is 0 Å². The molecule has 0 bridgehead atoms. The van der Waals surface area contributed by atoms with E-state index in [1.165, 1.54) is 58.3 Å². The molecule has 3 aliphatic rings. The highest BCUT2D eigenvalue weighted by Crippen LogP contribution is 2.31. The van der Waals surface area contributed by atoms with Gasteiger partial charge in [-0.15, -0.1) is 0 Å². The van der Waals surface area contributed by atoms with Crippen LogP contribution in [-0.2, 0) is 4.79 Å². The quantitative estimate of drug-likeness (QED) is 0.363. The van der Waals surface area contributed by atoms with Crippen LogP contribution < -0.4 is 10.6 Å². The summed E-state index contributed by atoms with van der Waals surface area (Å²) < 4.78 is 0. The number of amides is 1. The number of likely N-dealkylation sites (tertiary alicyclic amines) is 3. The topological polar surface area (TPSA) is 63.2 Å². The zero-order valence-corrected chi connectivity index (χ0v) is 18.7. The number of rotatable bonds is 8. The Morgan fingerprint density at radius 1 is 1.03 bits per heavy atom. The van der Waals surface area contributed by atoms with E-state index in [1.54, 1.807) is 0 Å². The van der Waals surface area contributed by atoms with Gasteiger partial charge in [-0.3, -0.25) is 14.7 Å². The van der Waals surface area contributed by atoms with Crippen molar-refractivity contribution in [1.82, 2.24) is 25.3 Å². The van der Waals surface area contributed by atoms with Crippen LogP contribution in [0.25, 0.3) is 0 Å². The van der Waals surface area contributed by atoms with E-state index < -0.39 is 0 Å². The van der Waals surface area contributed by atoms with Crippen LogP contribution in [-0.4, -0.2) is 98.1 Å². The van der Waals surface area contributed by atoms with E-state index in [0.29, 0.717) is 5.91 Å². The van der Waals surface area contributed by atoms with Crippen molar-refractivity contribution in [3.05, 3.63) is 0 Å². The SMILES string of the molecule is CCNC(=NCC1(N2CCCCC2)CCN(C)CC1)NCCCN1CCCC1=O. The van der Waals surface area contributed by atoms with Crippen LogP contribution in [0.15, 0.2) is 4.99 Å². The van der Waals surface area contributed by atoms with Crippen LogP contribution >= 0.6 is 0 Å². The second kappa shape index (κ2) is 11.2. The summed E-state index contributed by atoms with van der Waals surface area (Å²) in [6.07, 6.45) is 9.17. The van der Waals surface area contributed by atoms with Gasteiger partial charge in [-0.05, 0) is 78.7 Å². The van der Waals surface area contributed by atoms with Crippen LogP contribution in [0.4, 0.5) is 0 Å². The Bertz CT molecular complexity index is 537. The van der Waals surface area contributed by atoms with Gasteiger partial charge < -0.3 is 20.4 Å². The Balaban J connectivity index is 1.54. The number of carbonyl (C=O) groups excluding carboxylic acids is 1. The predicted octanol–water partition coefficient (Wildman–Crippen LogP) is 1.50. The highest BCUT2D eigenvalue weighted by molar-refractivity contribution is 5.80. The first-order chi connectivity index (χ1) is 14.1. The van der Waals surface area contributed by atoms with Crippen LogP contribution in [0.3, 0.4) is 0 Å². The molecule has 0 aromatic rings. The molecular weight excluding hydrogens is 364 g/mol. The number of aliphatic imine (C=N–C) groups is 1. The second-order valence-electron chi connectivity index (χ2n) is 9.04. The van der Waals surface area contributed by atoms with Gasteiger partial charge in [0.15, 0.2) is 5.96 Å². The van der Waals surface area contributed by atoms with Crippen molar-refractivity contribution in [2.75, 3.05) is 66.0 Å². The lowest BCUT2D eigenvalue weighted by Gasteiger charge is -2.49. The standard InChI is InChI=1S/C22H42N6O/c1-3-23-21(24-12-8-14-27-13-7-9-20(27)29)25-19-22(10-17-26(2)18-11-22)28-15-5-4-6-16-28/h3-19H2,1-2H3,(H2,23,24,25). The maximum atomic E-state index is 11.8. The minimum Gasteiger partial charge on any atom is -0.357 e. The number of hydrogen-bond donors (Lipinski definition) is 2. The Hall–Kier alpha value is -1.34. The summed E-state index contributed by atoms with van der Waals surface area (Å²) in [5.41, 5.74) is 0.219. The molecule has 29 heavy (non-hydrogen) atoms. The Labute approximate surface area is 177 Å². The zero-order chi connectivity index (χ0) is 20.5. The molecule has 2 N–H and O–H groups in total. The Morgan fingerprint density at radius 3 is 2.45 bits per heavy atom. The molecule has 0 aromatic heterocycles. The summed E-state index contributed by atoms with van der Waals surface area (Å²) in [5, 5.41) is 6.92. The second-order valence-corrected chi connectivity index (χ2v) is 9.04. The highest BCUT2D eigenvalue weighted by atomic mass is 16.2. The van der Waals surface area contributed by atoms with Gasteiger partial charge in [0.1, 0.15) is 0 Å². The molecule has 3 aliphatic heterocycles. The molecule has 3 saturated heterocycles. The van der Waals surface area contributed by atoms with E-state index in [9.17, 15) is 4.79 Å². The number of carbonyl (C=O) groups is 1. The fourth-order valence-corrected chi connectivity index (χ4v) is 4.96. The molecule has 3 heterocycles. The fourth-order valence-electron chi connectivity index (χ4n) is 4.96. The van der Waals surface area contributed by atoms with Crippen molar-refractivity contribution < 1.29 is 4.79 Å². The Kier molecular flexibility index (Phi) is 8.60. The molecule has 166 valence electrons. The molecular formula is C22H42N6O. The molecule has 0 radical (unpaired) electrons. The lowest BCUT2D eigenvalue weighted by atomic mass is 9.84. The molecule has 0 aromatic carbocycles. The third kappa shape index (κ3) is 6.32. The summed E-state index contributed by atoms with van der Waals surface area (Å²) >= 11 is 0. The van der Waals surface area contributed by atoms with Gasteiger partial charge in [-0.1, -0.05) is 6.42 Å². The van der Waals surface area contributed by atoms with Crippen molar-refractivity contribution in [2.24, 2.45) is 4.99 Å². The number of piperidine rings is 2. The normalized spacial score (nSPS) is 24.1. The summed E-state index contributed by atoms with van der Waals surface area (Å²) in [7, 11) is 2.24. The average molecular weight is 407 g/mol. The van der Waals surface area contributed by atoms with Crippen molar-refractivity contribution in [2.45, 2.75) is 63.8 Å². The van der Waals surface area contributed by atoms with Gasteiger partial charge in [0.05, 0.1) is 6.54 Å². The van der Waals surface area contributed by atoms with Crippen LogP contribution in [0.5, 0.6) is 0 Å². The molecule has 0 spiro atoms. The van der Waals surface area contributed by atoms with Gasteiger partial charge in [0.2, 0.25) is 5.91 Å². The molecule has 3 fully saturated rings. The van der Waals surface area contributed by atoms with E-state index in [1.807, 2.05) is 4.90 Å². The maximum absolute atomic E-state index is 11.8. The highest BCUT2D eigenvalue weighted by Gasteiger charge is 2.39. The molecule has 7 heteroatoms. The van der Waals surface area contributed by atoms with E-state index in [-0.39, 0.29) is 5.54 Å². The Morgan fingerprint density at radius 2 is 1.79 bits per heavy atom. The lowest BCUT2D eigenvalue weighted by molar-refractivity contribution is -0.127. The molecule has 3 rings (SSSR count). The van der Waals surface area contributed by atoms with E-state index in [0.717, 1.165) is 57.9 Å². The maximum Gasteiger partial charge on any atom is 0.222 e. The van der Waals surface area contributed by atoms with Crippen molar-refractivity contribution in [1.29, 1.82) is 0 Å². The number of nitrogens with one attached hydrogen (secondary N) is 2. The first-order valence-electron chi connectivity index (χ1n) is 11.9. The van der Waals surface area contributed by atoms with Gasteiger partial charge >= 0.3 is 0 Å². The van der Waals surface area contributed by atoms with Gasteiger partial charge in [0.25, 0.3) is 0 Å². The van der Waals surface area contributed by atoms with Gasteiger partial charge in [-0.25, -0.2) is 0 Å². The van der Waals surface area contributed by atoms with Crippen molar-refractivity contribution in [3.63, 3.8) is 0 Å². The summed E-state index contributed by atoms with van der Waals surface area (Å²) in [6, 6.07) is 0. The van der Waals surface area contributed by atoms with Crippen LogP contribution in [0.1, 0.15) is 58.3 Å². The fraction of sp³-hybridized carbons (Fsp3) is 0.909. The summed E-state index contributed by atoms with van der Waals surface area (Å²) in [5.74, 6) is 1.24.